The fourth-order valence-electron chi connectivity index (χ4n) is 2.11. The molecule has 0 bridgehead atoms. The van der Waals surface area contributed by atoms with Gasteiger partial charge in [-0.05, 0) is 28.5 Å². The normalized spacial score (nSPS) is 13.0. The molecule has 0 radical (unpaired) electrons. The van der Waals surface area contributed by atoms with Crippen LogP contribution in [0.25, 0.3) is 10.1 Å². The lowest BCUT2D eigenvalue weighted by molar-refractivity contribution is 0.173. The number of aliphatic hydroxyl groups excluding tert-OH is 1. The van der Waals surface area contributed by atoms with Crippen molar-refractivity contribution < 1.29 is 5.11 Å². The van der Waals surface area contributed by atoms with Crippen molar-refractivity contribution in [3.8, 4) is 0 Å². The highest BCUT2D eigenvalue weighted by Gasteiger charge is 2.13. The van der Waals surface area contributed by atoms with E-state index in [1.54, 1.807) is 16.0 Å². The lowest BCUT2D eigenvalue weighted by atomic mass is 10.1. The third kappa shape index (κ3) is 2.05. The van der Waals surface area contributed by atoms with Gasteiger partial charge in [0.25, 0.3) is 0 Å². The second kappa shape index (κ2) is 4.55. The first-order valence-corrected chi connectivity index (χ1v) is 6.75. The zero-order chi connectivity index (χ0) is 12.5. The van der Waals surface area contributed by atoms with Crippen molar-refractivity contribution in [1.29, 1.82) is 0 Å². The van der Waals surface area contributed by atoms with Crippen LogP contribution in [-0.4, -0.2) is 14.9 Å². The molecular formula is C14H14N2OS. The third-order valence-corrected chi connectivity index (χ3v) is 4.06. The fourth-order valence-corrected chi connectivity index (χ4v) is 3.09. The number of nitrogens with zero attached hydrogens (tertiary/aromatic N) is 2. The molecule has 0 saturated heterocycles. The van der Waals surface area contributed by atoms with E-state index in [1.807, 2.05) is 31.4 Å². The smallest absolute Gasteiger partial charge is 0.102 e. The van der Waals surface area contributed by atoms with E-state index < -0.39 is 6.10 Å². The summed E-state index contributed by atoms with van der Waals surface area (Å²) in [5.74, 6) is 0. The van der Waals surface area contributed by atoms with E-state index in [0.717, 1.165) is 5.69 Å². The molecule has 0 spiro atoms. The zero-order valence-corrected chi connectivity index (χ0v) is 10.9. The Morgan fingerprint density at radius 2 is 2.17 bits per heavy atom. The molecule has 2 aromatic heterocycles. The minimum atomic E-state index is -0.538. The molecule has 1 unspecified atom stereocenters. The van der Waals surface area contributed by atoms with E-state index in [2.05, 4.69) is 22.6 Å². The number of aromatic nitrogens is 2. The molecule has 4 heteroatoms. The van der Waals surface area contributed by atoms with Gasteiger partial charge in [0.15, 0.2) is 0 Å². The predicted octanol–water partition coefficient (Wildman–Crippen LogP) is 2.91. The van der Waals surface area contributed by atoms with Crippen molar-refractivity contribution in [2.24, 2.45) is 7.05 Å². The first-order valence-electron chi connectivity index (χ1n) is 5.87. The zero-order valence-electron chi connectivity index (χ0n) is 10.1. The molecule has 0 saturated carbocycles. The summed E-state index contributed by atoms with van der Waals surface area (Å²) in [7, 11) is 1.86. The summed E-state index contributed by atoms with van der Waals surface area (Å²) in [6, 6.07) is 10.1. The SMILES string of the molecule is Cn1ccc(C(O)Cc2csc3ccccc23)n1. The third-order valence-electron chi connectivity index (χ3n) is 3.05. The van der Waals surface area contributed by atoms with Gasteiger partial charge in [0.05, 0.1) is 5.69 Å². The molecular weight excluding hydrogens is 244 g/mol. The molecule has 1 atom stereocenters. The monoisotopic (exact) mass is 258 g/mol. The summed E-state index contributed by atoms with van der Waals surface area (Å²) < 4.78 is 2.98. The van der Waals surface area contributed by atoms with Crippen LogP contribution in [-0.2, 0) is 13.5 Å². The molecule has 3 rings (SSSR count). The Balaban J connectivity index is 1.88. The van der Waals surface area contributed by atoms with Crippen LogP contribution in [0.3, 0.4) is 0 Å². The second-order valence-corrected chi connectivity index (χ2v) is 5.30. The Morgan fingerprint density at radius 3 is 2.94 bits per heavy atom. The minimum absolute atomic E-state index is 0.538. The molecule has 0 amide bonds. The van der Waals surface area contributed by atoms with E-state index in [-0.39, 0.29) is 0 Å². The van der Waals surface area contributed by atoms with Crippen LogP contribution in [0.2, 0.25) is 0 Å². The fraction of sp³-hybridized carbons (Fsp3) is 0.214. The van der Waals surface area contributed by atoms with Gasteiger partial charge in [0.2, 0.25) is 0 Å². The number of aliphatic hydroxyl groups is 1. The van der Waals surface area contributed by atoms with Crippen LogP contribution in [0.15, 0.2) is 41.9 Å². The highest BCUT2D eigenvalue weighted by atomic mass is 32.1. The van der Waals surface area contributed by atoms with Crippen molar-refractivity contribution in [3.05, 3.63) is 53.2 Å². The number of benzene rings is 1. The average Bonchev–Trinajstić information content (AvgIpc) is 2.97. The number of fused-ring (bicyclic) bond motifs is 1. The van der Waals surface area contributed by atoms with E-state index in [9.17, 15) is 5.11 Å². The van der Waals surface area contributed by atoms with Crippen molar-refractivity contribution in [3.63, 3.8) is 0 Å². The molecule has 1 aromatic carbocycles. The van der Waals surface area contributed by atoms with Crippen LogP contribution in [0.4, 0.5) is 0 Å². The number of thiophene rings is 1. The number of aryl methyl sites for hydroxylation is 1. The lowest BCUT2D eigenvalue weighted by Crippen LogP contribution is -2.03. The molecule has 18 heavy (non-hydrogen) atoms. The Labute approximate surface area is 109 Å². The maximum absolute atomic E-state index is 10.2. The first-order chi connectivity index (χ1) is 8.74. The Kier molecular flexibility index (Phi) is 2.89. The first kappa shape index (κ1) is 11.4. The van der Waals surface area contributed by atoms with Crippen molar-refractivity contribution in [2.75, 3.05) is 0 Å². The van der Waals surface area contributed by atoms with Crippen LogP contribution < -0.4 is 0 Å². The summed E-state index contributed by atoms with van der Waals surface area (Å²) in [6.07, 6.45) is 1.93. The Hall–Kier alpha value is -1.65. The molecule has 2 heterocycles. The molecule has 0 fully saturated rings. The van der Waals surface area contributed by atoms with E-state index in [4.69, 9.17) is 0 Å². The second-order valence-electron chi connectivity index (χ2n) is 4.39. The van der Waals surface area contributed by atoms with Crippen LogP contribution >= 0.6 is 11.3 Å². The lowest BCUT2D eigenvalue weighted by Gasteiger charge is -2.06. The summed E-state index contributed by atoms with van der Waals surface area (Å²) >= 11 is 1.72. The average molecular weight is 258 g/mol. The molecule has 0 aliphatic rings. The van der Waals surface area contributed by atoms with E-state index in [1.165, 1.54) is 15.6 Å². The number of hydrogen-bond donors (Lipinski definition) is 1. The molecule has 0 aliphatic carbocycles. The quantitative estimate of drug-likeness (QED) is 0.784. The summed E-state index contributed by atoms with van der Waals surface area (Å²) in [6.45, 7) is 0. The van der Waals surface area contributed by atoms with Crippen molar-refractivity contribution in [1.82, 2.24) is 9.78 Å². The van der Waals surface area contributed by atoms with Gasteiger partial charge in [0, 0.05) is 24.4 Å². The standard InChI is InChI=1S/C14H14N2OS/c1-16-7-6-12(15-16)13(17)8-10-9-18-14-5-3-2-4-11(10)14/h2-7,9,13,17H,8H2,1H3. The molecule has 3 aromatic rings. The van der Waals surface area contributed by atoms with Gasteiger partial charge in [-0.1, -0.05) is 18.2 Å². The van der Waals surface area contributed by atoms with Gasteiger partial charge in [-0.3, -0.25) is 4.68 Å². The summed E-state index contributed by atoms with van der Waals surface area (Å²) in [5.41, 5.74) is 1.92. The van der Waals surface area contributed by atoms with Crippen LogP contribution in [0, 0.1) is 0 Å². The van der Waals surface area contributed by atoms with Crippen molar-refractivity contribution in [2.45, 2.75) is 12.5 Å². The maximum atomic E-state index is 10.2. The predicted molar refractivity (Wildman–Crippen MR) is 73.7 cm³/mol. The largest absolute Gasteiger partial charge is 0.386 e. The van der Waals surface area contributed by atoms with E-state index >= 15 is 0 Å². The highest BCUT2D eigenvalue weighted by molar-refractivity contribution is 7.17. The number of hydrogen-bond acceptors (Lipinski definition) is 3. The highest BCUT2D eigenvalue weighted by Crippen LogP contribution is 2.28. The Bertz CT molecular complexity index is 671. The minimum Gasteiger partial charge on any atom is -0.386 e. The van der Waals surface area contributed by atoms with Crippen molar-refractivity contribution >= 4 is 21.4 Å². The van der Waals surface area contributed by atoms with Gasteiger partial charge in [-0.25, -0.2) is 0 Å². The molecule has 3 nitrogen and oxygen atoms in total. The maximum Gasteiger partial charge on any atom is 0.102 e. The molecule has 92 valence electrons. The van der Waals surface area contributed by atoms with Crippen LogP contribution in [0.5, 0.6) is 0 Å². The van der Waals surface area contributed by atoms with Gasteiger partial charge in [0.1, 0.15) is 6.10 Å². The summed E-state index contributed by atoms with van der Waals surface area (Å²) in [5, 5.41) is 17.8. The summed E-state index contributed by atoms with van der Waals surface area (Å²) in [4.78, 5) is 0. The van der Waals surface area contributed by atoms with E-state index in [0.29, 0.717) is 6.42 Å². The van der Waals surface area contributed by atoms with Crippen LogP contribution in [0.1, 0.15) is 17.4 Å². The topological polar surface area (TPSA) is 38.0 Å². The van der Waals surface area contributed by atoms with Gasteiger partial charge < -0.3 is 5.11 Å². The molecule has 1 N–H and O–H groups in total. The van der Waals surface area contributed by atoms with Gasteiger partial charge in [-0.15, -0.1) is 11.3 Å². The number of rotatable bonds is 3. The van der Waals surface area contributed by atoms with Gasteiger partial charge >= 0.3 is 0 Å². The van der Waals surface area contributed by atoms with Gasteiger partial charge in [-0.2, -0.15) is 5.10 Å². The Morgan fingerprint density at radius 1 is 1.33 bits per heavy atom. The molecule has 0 aliphatic heterocycles.